The van der Waals surface area contributed by atoms with Gasteiger partial charge in [0.05, 0.1) is 0 Å². The first-order valence-electron chi connectivity index (χ1n) is 11.3. The zero-order chi connectivity index (χ0) is 24.7. The molecule has 10 heteroatoms. The van der Waals surface area contributed by atoms with Gasteiger partial charge in [-0.15, -0.1) is 0 Å². The molecule has 0 bridgehead atoms. The van der Waals surface area contributed by atoms with Crippen molar-refractivity contribution >= 4 is 29.3 Å². The molecule has 1 fully saturated rings. The topological polar surface area (TPSA) is 120 Å². The summed E-state index contributed by atoms with van der Waals surface area (Å²) in [5.74, 6) is -0.671. The minimum absolute atomic E-state index is 0.195. The molecule has 1 saturated heterocycles. The zero-order valence-corrected chi connectivity index (χ0v) is 19.4. The first-order chi connectivity index (χ1) is 16.3. The van der Waals surface area contributed by atoms with Crippen molar-refractivity contribution in [2.75, 3.05) is 36.8 Å². The van der Waals surface area contributed by atoms with Crippen molar-refractivity contribution in [2.45, 2.75) is 32.4 Å². The van der Waals surface area contributed by atoms with Gasteiger partial charge in [-0.1, -0.05) is 32.0 Å². The van der Waals surface area contributed by atoms with Crippen molar-refractivity contribution in [3.8, 4) is 0 Å². The molecule has 0 aliphatic carbocycles. The Morgan fingerprint density at radius 2 is 1.62 bits per heavy atom. The molecule has 9 nitrogen and oxygen atoms in total. The quantitative estimate of drug-likeness (QED) is 0.518. The van der Waals surface area contributed by atoms with Crippen LogP contribution in [-0.4, -0.2) is 60.1 Å². The van der Waals surface area contributed by atoms with E-state index in [4.69, 9.17) is 5.73 Å². The molecule has 3 rings (SSSR count). The minimum Gasteiger partial charge on any atom is -0.351 e. The highest BCUT2D eigenvalue weighted by Crippen LogP contribution is 2.21. The summed E-state index contributed by atoms with van der Waals surface area (Å²) in [4.78, 5) is 41.7. The Morgan fingerprint density at radius 1 is 1.00 bits per heavy atom. The van der Waals surface area contributed by atoms with Crippen LogP contribution in [0.2, 0.25) is 0 Å². The normalized spacial score (nSPS) is 15.7. The fourth-order valence-corrected chi connectivity index (χ4v) is 3.73. The minimum atomic E-state index is -1.19. The number of hydrogen-bond donors (Lipinski definition) is 4. The standard InChI is InChI=1S/C24H31FN6O3/c1-16(2)17-7-9-19(10-8-17)28-23(33)30-13-4-14-31(22(30)21(32)27-12-11-26)24(34)29-20-6-3-5-18(25)15-20/h3,5-10,15-16,22H,4,11-14,26H2,1-2H3,(H,27,32)(H,28,33)(H,29,34). The number of halogens is 1. The van der Waals surface area contributed by atoms with Gasteiger partial charge in [0.15, 0.2) is 6.17 Å². The van der Waals surface area contributed by atoms with Gasteiger partial charge in [-0.05, 0) is 48.2 Å². The predicted molar refractivity (Wildman–Crippen MR) is 129 cm³/mol. The molecule has 0 radical (unpaired) electrons. The molecule has 2 aromatic rings. The third-order valence-electron chi connectivity index (χ3n) is 5.49. The Balaban J connectivity index is 1.80. The lowest BCUT2D eigenvalue weighted by molar-refractivity contribution is -0.131. The van der Waals surface area contributed by atoms with Crippen LogP contribution < -0.4 is 21.7 Å². The first kappa shape index (κ1) is 25.0. The third-order valence-corrected chi connectivity index (χ3v) is 5.49. The van der Waals surface area contributed by atoms with E-state index in [0.29, 0.717) is 18.0 Å². The highest BCUT2D eigenvalue weighted by Gasteiger charge is 2.40. The van der Waals surface area contributed by atoms with E-state index in [1.54, 1.807) is 18.2 Å². The van der Waals surface area contributed by atoms with Crippen LogP contribution in [0, 0.1) is 5.82 Å². The Hall–Kier alpha value is -3.66. The van der Waals surface area contributed by atoms with Gasteiger partial charge >= 0.3 is 12.1 Å². The molecule has 0 aromatic heterocycles. The lowest BCUT2D eigenvalue weighted by Gasteiger charge is -2.42. The zero-order valence-electron chi connectivity index (χ0n) is 19.4. The molecular weight excluding hydrogens is 439 g/mol. The van der Waals surface area contributed by atoms with Crippen LogP contribution in [0.3, 0.4) is 0 Å². The molecule has 5 N–H and O–H groups in total. The first-order valence-corrected chi connectivity index (χ1v) is 11.3. The summed E-state index contributed by atoms with van der Waals surface area (Å²) < 4.78 is 13.5. The molecule has 182 valence electrons. The van der Waals surface area contributed by atoms with E-state index in [1.807, 2.05) is 12.1 Å². The van der Waals surface area contributed by atoms with Gasteiger partial charge in [-0.2, -0.15) is 0 Å². The predicted octanol–water partition coefficient (Wildman–Crippen LogP) is 3.12. The van der Waals surface area contributed by atoms with Crippen molar-refractivity contribution in [2.24, 2.45) is 5.73 Å². The van der Waals surface area contributed by atoms with Gasteiger partial charge in [0.1, 0.15) is 5.82 Å². The van der Waals surface area contributed by atoms with Crippen LogP contribution >= 0.6 is 0 Å². The lowest BCUT2D eigenvalue weighted by Crippen LogP contribution is -2.65. The number of nitrogens with two attached hydrogens (primary N) is 1. The second-order valence-electron chi connectivity index (χ2n) is 8.34. The molecule has 34 heavy (non-hydrogen) atoms. The number of carbonyl (C=O) groups excluding carboxylic acids is 3. The van der Waals surface area contributed by atoms with Crippen LogP contribution in [0.15, 0.2) is 48.5 Å². The van der Waals surface area contributed by atoms with Crippen LogP contribution in [0.25, 0.3) is 0 Å². The molecule has 2 aromatic carbocycles. The Morgan fingerprint density at radius 3 is 2.18 bits per heavy atom. The van der Waals surface area contributed by atoms with Crippen molar-refractivity contribution in [1.29, 1.82) is 0 Å². The number of hydrogen-bond acceptors (Lipinski definition) is 4. The molecule has 1 heterocycles. The molecular formula is C24H31FN6O3. The number of nitrogens with one attached hydrogen (secondary N) is 3. The summed E-state index contributed by atoms with van der Waals surface area (Å²) in [5.41, 5.74) is 7.47. The lowest BCUT2D eigenvalue weighted by atomic mass is 10.0. The fourth-order valence-electron chi connectivity index (χ4n) is 3.73. The maximum Gasteiger partial charge on any atom is 0.323 e. The molecule has 1 aliphatic heterocycles. The maximum absolute atomic E-state index is 13.5. The third kappa shape index (κ3) is 6.22. The highest BCUT2D eigenvalue weighted by molar-refractivity contribution is 5.97. The molecule has 0 spiro atoms. The number of benzene rings is 2. The summed E-state index contributed by atoms with van der Waals surface area (Å²) in [6.45, 7) is 5.09. The van der Waals surface area contributed by atoms with Crippen molar-refractivity contribution in [3.63, 3.8) is 0 Å². The fraction of sp³-hybridized carbons (Fsp3) is 0.375. The Bertz CT molecular complexity index is 1010. The van der Waals surface area contributed by atoms with E-state index in [9.17, 15) is 18.8 Å². The summed E-state index contributed by atoms with van der Waals surface area (Å²) in [6.07, 6.45) is -0.722. The second kappa shape index (κ2) is 11.5. The van der Waals surface area contributed by atoms with Crippen molar-refractivity contribution < 1.29 is 18.8 Å². The van der Waals surface area contributed by atoms with Crippen LogP contribution in [0.4, 0.5) is 25.4 Å². The number of anilines is 2. The van der Waals surface area contributed by atoms with Gasteiger partial charge in [0.2, 0.25) is 0 Å². The molecule has 0 saturated carbocycles. The van der Waals surface area contributed by atoms with Crippen LogP contribution in [0.5, 0.6) is 0 Å². The summed E-state index contributed by atoms with van der Waals surface area (Å²) in [5, 5.41) is 8.07. The Labute approximate surface area is 198 Å². The van der Waals surface area contributed by atoms with E-state index in [-0.39, 0.29) is 31.9 Å². The van der Waals surface area contributed by atoms with Gasteiger partial charge in [-0.25, -0.2) is 14.0 Å². The second-order valence-corrected chi connectivity index (χ2v) is 8.34. The van der Waals surface area contributed by atoms with E-state index in [0.717, 1.165) is 5.56 Å². The Kier molecular flexibility index (Phi) is 8.42. The number of carbonyl (C=O) groups is 3. The van der Waals surface area contributed by atoms with Gasteiger partial charge in [0.25, 0.3) is 5.91 Å². The van der Waals surface area contributed by atoms with E-state index in [2.05, 4.69) is 29.8 Å². The number of amides is 5. The average Bonchev–Trinajstić information content (AvgIpc) is 2.82. The highest BCUT2D eigenvalue weighted by atomic mass is 19.1. The van der Waals surface area contributed by atoms with Gasteiger partial charge < -0.3 is 21.7 Å². The van der Waals surface area contributed by atoms with Crippen molar-refractivity contribution in [3.05, 3.63) is 59.9 Å². The average molecular weight is 471 g/mol. The monoisotopic (exact) mass is 470 g/mol. The molecule has 5 amide bonds. The van der Waals surface area contributed by atoms with Crippen LogP contribution in [-0.2, 0) is 4.79 Å². The SMILES string of the molecule is CC(C)c1ccc(NC(=O)N2CCCN(C(=O)Nc3cccc(F)c3)C2C(=O)NCCN)cc1. The number of rotatable bonds is 6. The van der Waals surface area contributed by atoms with Crippen molar-refractivity contribution in [1.82, 2.24) is 15.1 Å². The van der Waals surface area contributed by atoms with E-state index >= 15 is 0 Å². The van der Waals surface area contributed by atoms with E-state index < -0.39 is 30.0 Å². The smallest absolute Gasteiger partial charge is 0.323 e. The largest absolute Gasteiger partial charge is 0.351 e. The van der Waals surface area contributed by atoms with Crippen LogP contribution in [0.1, 0.15) is 31.7 Å². The summed E-state index contributed by atoms with van der Waals surface area (Å²) in [6, 6.07) is 11.8. The van der Waals surface area contributed by atoms with E-state index in [1.165, 1.54) is 28.0 Å². The number of urea groups is 2. The summed E-state index contributed by atoms with van der Waals surface area (Å²) in [7, 11) is 0. The molecule has 1 atom stereocenters. The van der Waals surface area contributed by atoms with Gasteiger partial charge in [-0.3, -0.25) is 14.6 Å². The molecule has 1 aliphatic rings. The molecule has 1 unspecified atom stereocenters. The maximum atomic E-state index is 13.5. The van der Waals surface area contributed by atoms with Gasteiger partial charge in [0, 0.05) is 37.6 Å². The summed E-state index contributed by atoms with van der Waals surface area (Å²) >= 11 is 0. The number of nitrogens with zero attached hydrogens (tertiary/aromatic N) is 2.